The van der Waals surface area contributed by atoms with Crippen molar-refractivity contribution in [1.82, 2.24) is 4.90 Å². The molecule has 1 aliphatic heterocycles. The maximum atomic E-state index is 11.9. The van der Waals surface area contributed by atoms with Crippen LogP contribution in [0.1, 0.15) is 32.6 Å². The second kappa shape index (κ2) is 2.98. The molecule has 0 radical (unpaired) electrons. The Balaban J connectivity index is 2.11. The predicted molar refractivity (Wildman–Crippen MR) is 49.2 cm³/mol. The van der Waals surface area contributed by atoms with Crippen LogP contribution < -0.4 is 0 Å². The number of nitrogens with zero attached hydrogens (tertiary/aromatic N) is 1. The van der Waals surface area contributed by atoms with Gasteiger partial charge in [-0.2, -0.15) is 0 Å². The van der Waals surface area contributed by atoms with E-state index >= 15 is 0 Å². The number of aliphatic hydroxyl groups is 1. The number of hydrogen-bond donors (Lipinski definition) is 1. The second-order valence-corrected chi connectivity index (χ2v) is 4.27. The first-order valence-electron chi connectivity index (χ1n) is 5.15. The zero-order valence-corrected chi connectivity index (χ0v) is 8.12. The van der Waals surface area contributed by atoms with Crippen LogP contribution in [0.5, 0.6) is 0 Å². The third kappa shape index (κ3) is 1.26. The Kier molecular flexibility index (Phi) is 2.06. The number of rotatable bonds is 3. The molecule has 0 spiro atoms. The van der Waals surface area contributed by atoms with Crippen LogP contribution in [0.25, 0.3) is 0 Å². The fourth-order valence-electron chi connectivity index (χ4n) is 2.17. The molecule has 1 aliphatic carbocycles. The molecule has 1 saturated carbocycles. The highest BCUT2D eigenvalue weighted by Crippen LogP contribution is 2.40. The predicted octanol–water partition coefficient (Wildman–Crippen LogP) is 0.770. The number of carbonyl (C=O) groups is 1. The topological polar surface area (TPSA) is 40.5 Å². The number of likely N-dealkylation sites (tertiary alicyclic amines) is 1. The van der Waals surface area contributed by atoms with Gasteiger partial charge in [0.15, 0.2) is 0 Å². The van der Waals surface area contributed by atoms with Crippen LogP contribution in [0.2, 0.25) is 0 Å². The van der Waals surface area contributed by atoms with E-state index in [9.17, 15) is 9.90 Å². The molecular formula is C10H17NO2. The van der Waals surface area contributed by atoms with E-state index in [1.54, 1.807) is 0 Å². The average Bonchev–Trinajstić information content (AvgIpc) is 2.93. The van der Waals surface area contributed by atoms with E-state index in [0.29, 0.717) is 6.04 Å². The first-order valence-corrected chi connectivity index (χ1v) is 5.15. The van der Waals surface area contributed by atoms with Crippen LogP contribution in [0.15, 0.2) is 0 Å². The number of aliphatic hydroxyl groups excluding tert-OH is 1. The molecule has 1 unspecified atom stereocenters. The molecule has 0 aromatic carbocycles. The van der Waals surface area contributed by atoms with Crippen LogP contribution in [-0.4, -0.2) is 35.1 Å². The minimum atomic E-state index is -0.428. The van der Waals surface area contributed by atoms with E-state index in [-0.39, 0.29) is 12.5 Å². The summed E-state index contributed by atoms with van der Waals surface area (Å²) >= 11 is 0. The third-order valence-electron chi connectivity index (χ3n) is 3.51. The summed E-state index contributed by atoms with van der Waals surface area (Å²) in [5, 5.41) is 9.26. The van der Waals surface area contributed by atoms with Crippen molar-refractivity contribution in [1.29, 1.82) is 0 Å². The molecule has 3 heteroatoms. The van der Waals surface area contributed by atoms with Gasteiger partial charge in [-0.25, -0.2) is 0 Å². The summed E-state index contributed by atoms with van der Waals surface area (Å²) in [4.78, 5) is 13.9. The lowest BCUT2D eigenvalue weighted by Crippen LogP contribution is -2.37. The third-order valence-corrected chi connectivity index (χ3v) is 3.51. The Morgan fingerprint density at radius 2 is 2.31 bits per heavy atom. The van der Waals surface area contributed by atoms with Crippen LogP contribution >= 0.6 is 0 Å². The highest BCUT2D eigenvalue weighted by atomic mass is 16.3. The van der Waals surface area contributed by atoms with Crippen molar-refractivity contribution in [2.24, 2.45) is 5.41 Å². The fourth-order valence-corrected chi connectivity index (χ4v) is 2.17. The highest BCUT2D eigenvalue weighted by molar-refractivity contribution is 5.85. The molecule has 1 saturated heterocycles. The first-order chi connectivity index (χ1) is 6.23. The van der Waals surface area contributed by atoms with Gasteiger partial charge >= 0.3 is 0 Å². The Morgan fingerprint density at radius 1 is 1.62 bits per heavy atom. The van der Waals surface area contributed by atoms with E-state index in [4.69, 9.17) is 0 Å². The summed E-state index contributed by atoms with van der Waals surface area (Å²) in [6.45, 7) is 2.87. The van der Waals surface area contributed by atoms with Crippen molar-refractivity contribution >= 4 is 5.91 Å². The van der Waals surface area contributed by atoms with Gasteiger partial charge in [0.05, 0.1) is 12.0 Å². The van der Waals surface area contributed by atoms with Crippen molar-refractivity contribution in [3.05, 3.63) is 0 Å². The highest BCUT2D eigenvalue weighted by Gasteiger charge is 2.48. The van der Waals surface area contributed by atoms with Gasteiger partial charge in [0.25, 0.3) is 0 Å². The van der Waals surface area contributed by atoms with Gasteiger partial charge in [0.1, 0.15) is 0 Å². The van der Waals surface area contributed by atoms with E-state index in [1.807, 2.05) is 11.8 Å². The molecule has 2 fully saturated rings. The Hall–Kier alpha value is -0.570. The lowest BCUT2D eigenvalue weighted by atomic mass is 9.84. The molecular weight excluding hydrogens is 166 g/mol. The quantitative estimate of drug-likeness (QED) is 0.702. The lowest BCUT2D eigenvalue weighted by molar-refractivity contribution is -0.138. The average molecular weight is 183 g/mol. The van der Waals surface area contributed by atoms with Gasteiger partial charge in [-0.05, 0) is 25.7 Å². The molecule has 1 heterocycles. The summed E-state index contributed by atoms with van der Waals surface area (Å²) in [6.07, 6.45) is 3.94. The standard InChI is InChI=1S/C10H17NO2/c1-2-10(7-12)5-6-11(9(10)13)8-3-4-8/h8,12H,2-7H2,1H3. The van der Waals surface area contributed by atoms with E-state index < -0.39 is 5.41 Å². The van der Waals surface area contributed by atoms with Crippen LogP contribution in [-0.2, 0) is 4.79 Å². The molecule has 0 aromatic rings. The summed E-state index contributed by atoms with van der Waals surface area (Å²) in [5.41, 5.74) is -0.428. The zero-order valence-electron chi connectivity index (χ0n) is 8.12. The van der Waals surface area contributed by atoms with Crippen molar-refractivity contribution < 1.29 is 9.90 Å². The van der Waals surface area contributed by atoms with Crippen molar-refractivity contribution in [2.45, 2.75) is 38.6 Å². The van der Waals surface area contributed by atoms with E-state index in [0.717, 1.165) is 32.2 Å². The van der Waals surface area contributed by atoms with E-state index in [1.165, 1.54) is 0 Å². The van der Waals surface area contributed by atoms with Crippen LogP contribution in [0.4, 0.5) is 0 Å². The molecule has 13 heavy (non-hydrogen) atoms. The molecule has 1 N–H and O–H groups in total. The van der Waals surface area contributed by atoms with Gasteiger partial charge in [0.2, 0.25) is 5.91 Å². The van der Waals surface area contributed by atoms with E-state index in [2.05, 4.69) is 0 Å². The van der Waals surface area contributed by atoms with Crippen molar-refractivity contribution in [3.8, 4) is 0 Å². The zero-order chi connectivity index (χ0) is 9.47. The number of amides is 1. The van der Waals surface area contributed by atoms with Gasteiger partial charge in [-0.15, -0.1) is 0 Å². The second-order valence-electron chi connectivity index (χ2n) is 4.27. The molecule has 74 valence electrons. The van der Waals surface area contributed by atoms with Gasteiger partial charge in [-0.1, -0.05) is 6.92 Å². The molecule has 1 amide bonds. The van der Waals surface area contributed by atoms with Crippen LogP contribution in [0, 0.1) is 5.41 Å². The largest absolute Gasteiger partial charge is 0.395 e. The Labute approximate surface area is 78.7 Å². The molecule has 2 aliphatic rings. The Morgan fingerprint density at radius 3 is 2.69 bits per heavy atom. The minimum Gasteiger partial charge on any atom is -0.395 e. The van der Waals surface area contributed by atoms with Crippen molar-refractivity contribution in [3.63, 3.8) is 0 Å². The molecule has 1 atom stereocenters. The van der Waals surface area contributed by atoms with Crippen molar-refractivity contribution in [2.75, 3.05) is 13.2 Å². The molecule has 0 bridgehead atoms. The molecule has 0 aromatic heterocycles. The Bertz CT molecular complexity index is 219. The molecule has 3 nitrogen and oxygen atoms in total. The molecule has 2 rings (SSSR count). The summed E-state index contributed by atoms with van der Waals surface area (Å²) in [7, 11) is 0. The summed E-state index contributed by atoms with van der Waals surface area (Å²) in [5.74, 6) is 0.194. The van der Waals surface area contributed by atoms with Gasteiger partial charge in [-0.3, -0.25) is 4.79 Å². The van der Waals surface area contributed by atoms with Crippen LogP contribution in [0.3, 0.4) is 0 Å². The summed E-state index contributed by atoms with van der Waals surface area (Å²) < 4.78 is 0. The lowest BCUT2D eigenvalue weighted by Gasteiger charge is -2.23. The first kappa shape index (κ1) is 9.00. The number of hydrogen-bond acceptors (Lipinski definition) is 2. The SMILES string of the molecule is CCC1(CO)CCN(C2CC2)C1=O. The van der Waals surface area contributed by atoms with Gasteiger partial charge < -0.3 is 10.0 Å². The van der Waals surface area contributed by atoms with Gasteiger partial charge in [0, 0.05) is 12.6 Å². The fraction of sp³-hybridized carbons (Fsp3) is 0.900. The summed E-state index contributed by atoms with van der Waals surface area (Å²) in [6, 6.07) is 0.507. The maximum Gasteiger partial charge on any atom is 0.231 e. The smallest absolute Gasteiger partial charge is 0.231 e. The normalized spacial score (nSPS) is 34.3. The monoisotopic (exact) mass is 183 g/mol. The maximum absolute atomic E-state index is 11.9. The minimum absolute atomic E-state index is 0.0194. The number of carbonyl (C=O) groups excluding carboxylic acids is 1.